The van der Waals surface area contributed by atoms with Gasteiger partial charge in [0.05, 0.1) is 12.1 Å². The van der Waals surface area contributed by atoms with Crippen molar-refractivity contribution in [3.63, 3.8) is 0 Å². The third-order valence-electron chi connectivity index (χ3n) is 13.3. The third-order valence-corrected chi connectivity index (χ3v) is 13.3. The predicted molar refractivity (Wildman–Crippen MR) is 243 cm³/mol. The molecule has 2 aromatic heterocycles. The van der Waals surface area contributed by atoms with Crippen molar-refractivity contribution in [3.05, 3.63) is 151 Å². The van der Waals surface area contributed by atoms with Crippen molar-refractivity contribution in [3.8, 4) is 0 Å². The Labute approximate surface area is 372 Å². The molecule has 4 N–H and O–H groups in total. The second kappa shape index (κ2) is 20.0. The van der Waals surface area contributed by atoms with Crippen LogP contribution in [0.4, 0.5) is 0 Å². The van der Waals surface area contributed by atoms with Crippen molar-refractivity contribution in [1.29, 1.82) is 0 Å². The number of likely N-dealkylation sites (tertiary alicyclic amines) is 2. The molecule has 4 aliphatic rings. The minimum Gasteiger partial charge on any atom is -0.396 e. The molecule has 0 spiro atoms. The lowest BCUT2D eigenvalue weighted by molar-refractivity contribution is -0.140. The summed E-state index contributed by atoms with van der Waals surface area (Å²) in [5.41, 5.74) is 4.62. The van der Waals surface area contributed by atoms with E-state index in [0.717, 1.165) is 22.5 Å². The number of fused-ring (bicyclic) bond motifs is 6. The molecule has 0 unspecified atom stereocenters. The normalized spacial score (nSPS) is 23.9. The van der Waals surface area contributed by atoms with Gasteiger partial charge in [-0.3, -0.25) is 28.8 Å². The molecule has 64 heavy (non-hydrogen) atoms. The largest absolute Gasteiger partial charge is 0.396 e. The Morgan fingerprint density at radius 1 is 0.594 bits per heavy atom. The van der Waals surface area contributed by atoms with Crippen LogP contribution in [0.15, 0.2) is 107 Å². The van der Waals surface area contributed by atoms with Gasteiger partial charge in [-0.05, 0) is 62.1 Å². The third kappa shape index (κ3) is 8.76. The molecule has 336 valence electrons. The number of carbonyl (C=O) groups is 4. The zero-order chi connectivity index (χ0) is 45.7. The predicted octanol–water partition coefficient (Wildman–Crippen LogP) is 3.50. The van der Waals surface area contributed by atoms with Gasteiger partial charge in [0.2, 0.25) is 23.6 Å². The number of hydrogen-bond donors (Lipinski definition) is 4. The first kappa shape index (κ1) is 45.6. The van der Waals surface area contributed by atoms with Gasteiger partial charge in [-0.1, -0.05) is 85.0 Å². The van der Waals surface area contributed by atoms with Crippen molar-refractivity contribution in [2.24, 2.45) is 23.7 Å². The summed E-state index contributed by atoms with van der Waals surface area (Å²) in [5, 5.41) is 26.3. The van der Waals surface area contributed by atoms with E-state index in [1.807, 2.05) is 98.8 Å². The van der Waals surface area contributed by atoms with Crippen LogP contribution in [-0.4, -0.2) is 91.2 Å². The standard InChI is InChI=1S/2C25H29N3O4/c2*1-3-7-18-10-11-21-22-19(14-27(21)25(18)32)20(15-29)23(28(22)16(2)30)24(31)26-13-12-17-8-5-4-6-9-17/h2*3-11,19-20,22-23,29H,12-15H2,1-2H3,(H,26,31)/b7-3+;7-3-/t2*19-,20-,22+,23-/m00/s1. The van der Waals surface area contributed by atoms with E-state index in [1.165, 1.54) is 13.8 Å². The van der Waals surface area contributed by atoms with E-state index in [0.29, 0.717) is 50.1 Å². The number of aliphatic hydroxyl groups excluding tert-OH is 2. The van der Waals surface area contributed by atoms with Crippen LogP contribution in [-0.2, 0) is 45.1 Å². The van der Waals surface area contributed by atoms with Crippen molar-refractivity contribution in [1.82, 2.24) is 29.6 Å². The number of rotatable bonds is 12. The van der Waals surface area contributed by atoms with Crippen molar-refractivity contribution < 1.29 is 29.4 Å². The van der Waals surface area contributed by atoms with Gasteiger partial charge in [0.1, 0.15) is 12.1 Å². The van der Waals surface area contributed by atoms with Gasteiger partial charge in [0.25, 0.3) is 11.1 Å². The molecule has 2 fully saturated rings. The molecular weight excluding hydrogens is 813 g/mol. The number of hydrogen-bond acceptors (Lipinski definition) is 8. The number of allylic oxidation sites excluding steroid dienone is 2. The summed E-state index contributed by atoms with van der Waals surface area (Å²) in [6.45, 7) is 7.78. The number of benzene rings is 2. The Balaban J connectivity index is 0.000000191. The number of aromatic nitrogens is 2. The molecule has 8 atom stereocenters. The second-order valence-corrected chi connectivity index (χ2v) is 17.0. The van der Waals surface area contributed by atoms with Crippen molar-refractivity contribution in [2.75, 3.05) is 26.3 Å². The summed E-state index contributed by atoms with van der Waals surface area (Å²) in [7, 11) is 0. The van der Waals surface area contributed by atoms with Gasteiger partial charge in [-0.25, -0.2) is 0 Å². The summed E-state index contributed by atoms with van der Waals surface area (Å²) in [6, 6.07) is 24.6. The maximum atomic E-state index is 13.2. The number of nitrogens with zero attached hydrogens (tertiary/aromatic N) is 4. The molecule has 2 aromatic carbocycles. The molecule has 4 aliphatic heterocycles. The van der Waals surface area contributed by atoms with E-state index in [9.17, 15) is 39.0 Å². The summed E-state index contributed by atoms with van der Waals surface area (Å²) in [4.78, 5) is 80.7. The molecule has 0 bridgehead atoms. The van der Waals surface area contributed by atoms with E-state index >= 15 is 0 Å². The highest BCUT2D eigenvalue weighted by atomic mass is 16.3. The van der Waals surface area contributed by atoms with Gasteiger partial charge < -0.3 is 39.8 Å². The fourth-order valence-electron chi connectivity index (χ4n) is 10.5. The first-order chi connectivity index (χ1) is 30.9. The highest BCUT2D eigenvalue weighted by Gasteiger charge is 2.58. The van der Waals surface area contributed by atoms with Crippen molar-refractivity contribution in [2.45, 2.75) is 77.8 Å². The average molecular weight is 871 g/mol. The van der Waals surface area contributed by atoms with Gasteiger partial charge in [0.15, 0.2) is 0 Å². The van der Waals surface area contributed by atoms with Crippen LogP contribution >= 0.6 is 0 Å². The molecule has 14 nitrogen and oxygen atoms in total. The van der Waals surface area contributed by atoms with Crippen LogP contribution in [0, 0.1) is 23.7 Å². The quantitative estimate of drug-likeness (QED) is 0.167. The molecular formula is C50H58N6O8. The number of carbonyl (C=O) groups excluding carboxylic acids is 4. The molecule has 0 saturated carbocycles. The van der Waals surface area contributed by atoms with Crippen LogP contribution in [0.1, 0.15) is 73.4 Å². The minimum absolute atomic E-state index is 0.112. The zero-order valence-electron chi connectivity index (χ0n) is 36.8. The Hall–Kier alpha value is -6.38. The first-order valence-corrected chi connectivity index (χ1v) is 22.1. The number of amides is 4. The molecule has 2 saturated heterocycles. The first-order valence-electron chi connectivity index (χ1n) is 22.1. The topological polar surface area (TPSA) is 183 Å². The van der Waals surface area contributed by atoms with E-state index in [2.05, 4.69) is 10.6 Å². The van der Waals surface area contributed by atoms with E-state index < -0.39 is 36.0 Å². The number of nitrogens with one attached hydrogen (secondary N) is 2. The maximum absolute atomic E-state index is 13.2. The summed E-state index contributed by atoms with van der Waals surface area (Å²) >= 11 is 0. The Bertz CT molecular complexity index is 2360. The van der Waals surface area contributed by atoms with Crippen LogP contribution in [0.5, 0.6) is 0 Å². The van der Waals surface area contributed by atoms with E-state index in [1.54, 1.807) is 43.2 Å². The summed E-state index contributed by atoms with van der Waals surface area (Å²) < 4.78 is 3.37. The smallest absolute Gasteiger partial charge is 0.258 e. The lowest BCUT2D eigenvalue weighted by Crippen LogP contribution is -2.50. The zero-order valence-corrected chi connectivity index (χ0v) is 36.8. The van der Waals surface area contributed by atoms with Crippen LogP contribution in [0.25, 0.3) is 12.2 Å². The highest BCUT2D eigenvalue weighted by Crippen LogP contribution is 2.50. The molecule has 6 heterocycles. The van der Waals surface area contributed by atoms with E-state index in [-0.39, 0.29) is 59.8 Å². The Kier molecular flexibility index (Phi) is 14.3. The van der Waals surface area contributed by atoms with Crippen molar-refractivity contribution >= 4 is 35.8 Å². The van der Waals surface area contributed by atoms with E-state index in [4.69, 9.17) is 0 Å². The van der Waals surface area contributed by atoms with Gasteiger partial charge in [0, 0.05) is 99.4 Å². The average Bonchev–Trinajstić information content (AvgIpc) is 4.03. The fourth-order valence-corrected chi connectivity index (χ4v) is 10.5. The summed E-state index contributed by atoms with van der Waals surface area (Å²) in [5.74, 6) is -2.26. The highest BCUT2D eigenvalue weighted by molar-refractivity contribution is 5.89. The lowest BCUT2D eigenvalue weighted by atomic mass is 9.88. The molecule has 8 rings (SSSR count). The minimum atomic E-state index is -0.762. The molecule has 14 heteroatoms. The van der Waals surface area contributed by atoms with Gasteiger partial charge in [-0.2, -0.15) is 0 Å². The van der Waals surface area contributed by atoms with Crippen LogP contribution < -0.4 is 21.8 Å². The molecule has 0 radical (unpaired) electrons. The fraction of sp³-hybridized carbons (Fsp3) is 0.400. The van der Waals surface area contributed by atoms with Crippen LogP contribution in [0.2, 0.25) is 0 Å². The lowest BCUT2D eigenvalue weighted by Gasteiger charge is -2.30. The maximum Gasteiger partial charge on any atom is 0.258 e. The molecule has 0 aliphatic carbocycles. The SMILES string of the molecule is C/C=C/c1ccc2n(c1=O)C[C@H]1[C@H](CO)[C@@H](C(=O)NCCc3ccccc3)N(C(C)=O)[C@@H]21.C/C=C\c1ccc2n(c1=O)C[C@H]1[C@H](CO)[C@@H](C(=O)NCCc3ccccc3)N(C(C)=O)[C@@H]21. The molecule has 4 aromatic rings. The van der Waals surface area contributed by atoms with Gasteiger partial charge in [-0.15, -0.1) is 0 Å². The number of pyridine rings is 2. The van der Waals surface area contributed by atoms with Gasteiger partial charge >= 0.3 is 0 Å². The Morgan fingerprint density at radius 2 is 0.969 bits per heavy atom. The van der Waals surface area contributed by atoms with Crippen LogP contribution in [0.3, 0.4) is 0 Å². The second-order valence-electron chi connectivity index (χ2n) is 17.0. The summed E-state index contributed by atoms with van der Waals surface area (Å²) in [6.07, 6.45) is 8.52. The monoisotopic (exact) mass is 870 g/mol. The number of aliphatic hydroxyl groups is 2. The Morgan fingerprint density at radius 3 is 1.30 bits per heavy atom. The molecule has 4 amide bonds.